The molecule has 0 atom stereocenters. The highest BCUT2D eigenvalue weighted by atomic mass is 16.6. The van der Waals surface area contributed by atoms with Gasteiger partial charge in [0.25, 0.3) is 0 Å². The third kappa shape index (κ3) is 6.80. The second-order valence-corrected chi connectivity index (χ2v) is 6.66. The molecule has 0 aliphatic rings. The van der Waals surface area contributed by atoms with E-state index in [9.17, 15) is 4.79 Å². The maximum absolute atomic E-state index is 11.8. The Bertz CT molecular complexity index is 436. The van der Waals surface area contributed by atoms with Crippen molar-refractivity contribution < 1.29 is 9.53 Å². The minimum absolute atomic E-state index is 0.132. The first-order valence-electron chi connectivity index (χ1n) is 6.64. The summed E-state index contributed by atoms with van der Waals surface area (Å²) in [6, 6.07) is 9.72. The van der Waals surface area contributed by atoms with Gasteiger partial charge in [0.05, 0.1) is 0 Å². The number of hydrogen-bond donors (Lipinski definition) is 0. The van der Waals surface area contributed by atoms with Crippen molar-refractivity contribution in [2.24, 2.45) is 5.41 Å². The molecule has 2 heteroatoms. The molecule has 1 aromatic rings. The number of esters is 1. The van der Waals surface area contributed by atoms with Crippen LogP contribution in [0.25, 0.3) is 6.08 Å². The van der Waals surface area contributed by atoms with E-state index < -0.39 is 5.60 Å². The average molecular weight is 260 g/mol. The molecule has 0 unspecified atom stereocenters. The lowest BCUT2D eigenvalue weighted by molar-refractivity contribution is -0.152. The molecule has 0 radical (unpaired) electrons. The Kier molecular flexibility index (Phi) is 4.93. The molecule has 0 heterocycles. The van der Waals surface area contributed by atoms with Gasteiger partial charge in [-0.15, -0.1) is 0 Å². The predicted octanol–water partition coefficient (Wildman–Crippen LogP) is 4.46. The smallest absolute Gasteiger partial charge is 0.331 e. The van der Waals surface area contributed by atoms with Gasteiger partial charge in [0.2, 0.25) is 0 Å². The summed E-state index contributed by atoms with van der Waals surface area (Å²) >= 11 is 0. The minimum atomic E-state index is -0.448. The van der Waals surface area contributed by atoms with Crippen LogP contribution in [0.2, 0.25) is 0 Å². The van der Waals surface area contributed by atoms with E-state index >= 15 is 0 Å². The molecule has 0 N–H and O–H groups in total. The number of carbonyl (C=O) groups excluding carboxylic acids is 1. The summed E-state index contributed by atoms with van der Waals surface area (Å²) in [5, 5.41) is 0. The van der Waals surface area contributed by atoms with Crippen molar-refractivity contribution >= 4 is 12.0 Å². The fourth-order valence-electron chi connectivity index (χ4n) is 2.35. The molecular formula is C17H24O2. The second-order valence-electron chi connectivity index (χ2n) is 6.66. The third-order valence-electron chi connectivity index (χ3n) is 2.54. The summed E-state index contributed by atoms with van der Waals surface area (Å²) in [5.41, 5.74) is 0.677. The molecule has 0 aliphatic carbocycles. The van der Waals surface area contributed by atoms with Crippen LogP contribution in [0.5, 0.6) is 0 Å². The fraction of sp³-hybridized carbons (Fsp3) is 0.471. The van der Waals surface area contributed by atoms with Crippen LogP contribution in [0.15, 0.2) is 36.4 Å². The monoisotopic (exact) mass is 260 g/mol. The molecule has 0 aliphatic heterocycles. The van der Waals surface area contributed by atoms with Crippen molar-refractivity contribution in [1.82, 2.24) is 0 Å². The number of carbonyl (C=O) groups is 1. The summed E-state index contributed by atoms with van der Waals surface area (Å²) in [6.07, 6.45) is 4.08. The van der Waals surface area contributed by atoms with E-state index in [1.165, 1.54) is 6.08 Å². The van der Waals surface area contributed by atoms with Crippen molar-refractivity contribution in [3.8, 4) is 0 Å². The zero-order valence-corrected chi connectivity index (χ0v) is 12.6. The lowest BCUT2D eigenvalue weighted by Gasteiger charge is -2.31. The Hall–Kier alpha value is -1.57. The highest BCUT2D eigenvalue weighted by Crippen LogP contribution is 2.29. The topological polar surface area (TPSA) is 26.3 Å². The van der Waals surface area contributed by atoms with Gasteiger partial charge < -0.3 is 4.74 Å². The van der Waals surface area contributed by atoms with Gasteiger partial charge in [0.1, 0.15) is 5.60 Å². The molecular weight excluding hydrogens is 236 g/mol. The van der Waals surface area contributed by atoms with E-state index in [0.29, 0.717) is 0 Å². The van der Waals surface area contributed by atoms with Gasteiger partial charge in [0.15, 0.2) is 0 Å². The van der Waals surface area contributed by atoms with Gasteiger partial charge in [-0.25, -0.2) is 4.79 Å². The molecule has 1 rings (SSSR count). The molecule has 1 aromatic carbocycles. The van der Waals surface area contributed by atoms with Gasteiger partial charge in [-0.3, -0.25) is 0 Å². The molecule has 0 fully saturated rings. The minimum Gasteiger partial charge on any atom is -0.456 e. The predicted molar refractivity (Wildman–Crippen MR) is 79.7 cm³/mol. The van der Waals surface area contributed by atoms with Crippen LogP contribution in [0, 0.1) is 5.41 Å². The summed E-state index contributed by atoms with van der Waals surface area (Å²) in [7, 11) is 0. The molecule has 0 aromatic heterocycles. The molecule has 0 saturated heterocycles. The Balaban J connectivity index is 2.58. The van der Waals surface area contributed by atoms with Crippen LogP contribution in [0.1, 0.15) is 46.6 Å². The third-order valence-corrected chi connectivity index (χ3v) is 2.54. The fourth-order valence-corrected chi connectivity index (χ4v) is 2.35. The Morgan fingerprint density at radius 2 is 1.68 bits per heavy atom. The van der Waals surface area contributed by atoms with Crippen molar-refractivity contribution in [3.63, 3.8) is 0 Å². The van der Waals surface area contributed by atoms with E-state index in [4.69, 9.17) is 4.74 Å². The van der Waals surface area contributed by atoms with Gasteiger partial charge in [-0.05, 0) is 37.3 Å². The van der Waals surface area contributed by atoms with E-state index in [-0.39, 0.29) is 11.4 Å². The van der Waals surface area contributed by atoms with E-state index in [0.717, 1.165) is 12.0 Å². The van der Waals surface area contributed by atoms with Crippen molar-refractivity contribution in [3.05, 3.63) is 42.0 Å². The number of rotatable bonds is 4. The first-order chi connectivity index (χ1) is 8.68. The summed E-state index contributed by atoms with van der Waals surface area (Å²) in [6.45, 7) is 10.3. The maximum Gasteiger partial charge on any atom is 0.331 e. The lowest BCUT2D eigenvalue weighted by Crippen LogP contribution is -2.32. The van der Waals surface area contributed by atoms with Crippen LogP contribution in [0.4, 0.5) is 0 Å². The highest BCUT2D eigenvalue weighted by Gasteiger charge is 2.28. The van der Waals surface area contributed by atoms with Gasteiger partial charge >= 0.3 is 5.97 Å². The SMILES string of the molecule is CC(C)(C)CC(C)(C)OC(=O)C=Cc1ccccc1. The lowest BCUT2D eigenvalue weighted by atomic mass is 9.84. The largest absolute Gasteiger partial charge is 0.456 e. The van der Waals surface area contributed by atoms with Gasteiger partial charge in [-0.1, -0.05) is 51.1 Å². The zero-order chi connectivity index (χ0) is 14.5. The maximum atomic E-state index is 11.8. The van der Waals surface area contributed by atoms with Crippen molar-refractivity contribution in [1.29, 1.82) is 0 Å². The second kappa shape index (κ2) is 6.05. The molecule has 2 nitrogen and oxygen atoms in total. The van der Waals surface area contributed by atoms with Gasteiger partial charge in [0, 0.05) is 6.08 Å². The Morgan fingerprint density at radius 3 is 2.21 bits per heavy atom. The van der Waals surface area contributed by atoms with Crippen LogP contribution < -0.4 is 0 Å². The average Bonchev–Trinajstić information content (AvgIpc) is 2.23. The molecule has 104 valence electrons. The Labute approximate surface area is 116 Å². The van der Waals surface area contributed by atoms with Crippen LogP contribution in [0.3, 0.4) is 0 Å². The standard InChI is InChI=1S/C17H24O2/c1-16(2,3)13-17(4,5)19-15(18)12-11-14-9-7-6-8-10-14/h6-12H,13H2,1-5H3. The molecule has 19 heavy (non-hydrogen) atoms. The van der Waals surface area contributed by atoms with E-state index in [1.54, 1.807) is 6.08 Å². The summed E-state index contributed by atoms with van der Waals surface area (Å²) < 4.78 is 5.51. The van der Waals surface area contributed by atoms with Crippen LogP contribution in [-0.2, 0) is 9.53 Å². The van der Waals surface area contributed by atoms with Crippen molar-refractivity contribution in [2.75, 3.05) is 0 Å². The first-order valence-corrected chi connectivity index (χ1v) is 6.64. The van der Waals surface area contributed by atoms with E-state index in [2.05, 4.69) is 20.8 Å². The molecule has 0 saturated carbocycles. The zero-order valence-electron chi connectivity index (χ0n) is 12.6. The molecule has 0 bridgehead atoms. The number of benzene rings is 1. The normalized spacial score (nSPS) is 12.7. The highest BCUT2D eigenvalue weighted by molar-refractivity contribution is 5.87. The Morgan fingerprint density at radius 1 is 1.11 bits per heavy atom. The van der Waals surface area contributed by atoms with Gasteiger partial charge in [-0.2, -0.15) is 0 Å². The van der Waals surface area contributed by atoms with E-state index in [1.807, 2.05) is 44.2 Å². The first kappa shape index (κ1) is 15.5. The van der Waals surface area contributed by atoms with Crippen LogP contribution in [-0.4, -0.2) is 11.6 Å². The summed E-state index contributed by atoms with van der Waals surface area (Å²) in [5.74, 6) is -0.293. The summed E-state index contributed by atoms with van der Waals surface area (Å²) in [4.78, 5) is 11.8. The quantitative estimate of drug-likeness (QED) is 0.590. The molecule has 0 spiro atoms. The van der Waals surface area contributed by atoms with Crippen molar-refractivity contribution in [2.45, 2.75) is 46.6 Å². The number of hydrogen-bond acceptors (Lipinski definition) is 2. The number of ether oxygens (including phenoxy) is 1. The van der Waals surface area contributed by atoms with Crippen LogP contribution >= 0.6 is 0 Å². The molecule has 0 amide bonds.